The van der Waals surface area contributed by atoms with Gasteiger partial charge in [-0.1, -0.05) is 13.8 Å². The third-order valence-electron chi connectivity index (χ3n) is 2.24. The van der Waals surface area contributed by atoms with Crippen molar-refractivity contribution in [3.63, 3.8) is 0 Å². The molecule has 0 spiro atoms. The topological polar surface area (TPSA) is 69.6 Å². The second-order valence-electron chi connectivity index (χ2n) is 4.28. The number of rotatable bonds is 3. The average Bonchev–Trinajstić information content (AvgIpc) is 2.69. The fourth-order valence-electron chi connectivity index (χ4n) is 1.48. The van der Waals surface area contributed by atoms with Crippen molar-refractivity contribution in [2.24, 2.45) is 5.92 Å². The molecule has 5 nitrogen and oxygen atoms in total. The van der Waals surface area contributed by atoms with Crippen molar-refractivity contribution < 1.29 is 0 Å². The van der Waals surface area contributed by atoms with Gasteiger partial charge in [-0.3, -0.25) is 4.68 Å². The summed E-state index contributed by atoms with van der Waals surface area (Å²) < 4.78 is 2.47. The zero-order valence-electron chi connectivity index (χ0n) is 9.76. The summed E-state index contributed by atoms with van der Waals surface area (Å²) in [7, 11) is 0. The van der Waals surface area contributed by atoms with Crippen LogP contribution in [0.3, 0.4) is 0 Å². The minimum atomic E-state index is 0.392. The van der Waals surface area contributed by atoms with E-state index in [-0.39, 0.29) is 0 Å². The zero-order chi connectivity index (χ0) is 12.4. The Hall–Kier alpha value is -1.43. The lowest BCUT2D eigenvalue weighted by Crippen LogP contribution is -2.04. The Morgan fingerprint density at radius 3 is 2.82 bits per heavy atom. The Kier molecular flexibility index (Phi) is 3.42. The highest BCUT2D eigenvalue weighted by Crippen LogP contribution is 2.20. The Morgan fingerprint density at radius 1 is 1.41 bits per heavy atom. The predicted molar refractivity (Wildman–Crippen MR) is 70.2 cm³/mol. The van der Waals surface area contributed by atoms with E-state index in [0.29, 0.717) is 16.3 Å². The minimum Gasteiger partial charge on any atom is -0.381 e. The van der Waals surface area contributed by atoms with Crippen molar-refractivity contribution >= 4 is 21.7 Å². The molecule has 6 heteroatoms. The van der Waals surface area contributed by atoms with Crippen LogP contribution in [0.25, 0.3) is 11.3 Å². The molecule has 0 aliphatic rings. The minimum absolute atomic E-state index is 0.392. The van der Waals surface area contributed by atoms with E-state index in [0.717, 1.165) is 17.8 Å². The second-order valence-corrected chi connectivity index (χ2v) is 5.03. The van der Waals surface area contributed by atoms with Crippen LogP contribution in [0, 0.1) is 5.92 Å². The van der Waals surface area contributed by atoms with Crippen LogP contribution in [0.1, 0.15) is 13.8 Å². The molecule has 90 valence electrons. The summed E-state index contributed by atoms with van der Waals surface area (Å²) in [5.74, 6) is 0.954. The van der Waals surface area contributed by atoms with Gasteiger partial charge >= 0.3 is 0 Å². The first-order valence-electron chi connectivity index (χ1n) is 5.37. The van der Waals surface area contributed by atoms with Crippen molar-refractivity contribution in [3.8, 4) is 11.3 Å². The fourth-order valence-corrected chi connectivity index (χ4v) is 1.78. The smallest absolute Gasteiger partial charge is 0.156 e. The van der Waals surface area contributed by atoms with Gasteiger partial charge in [-0.25, -0.2) is 9.97 Å². The maximum atomic E-state index is 5.60. The average molecular weight is 296 g/mol. The summed E-state index contributed by atoms with van der Waals surface area (Å²) in [4.78, 5) is 8.37. The summed E-state index contributed by atoms with van der Waals surface area (Å²) in [5, 5.41) is 4.29. The van der Waals surface area contributed by atoms with Crippen LogP contribution >= 0.6 is 15.9 Å². The molecular formula is C11H14BrN5. The number of hydrogen-bond acceptors (Lipinski definition) is 4. The molecule has 0 aromatic carbocycles. The Labute approximate surface area is 108 Å². The van der Waals surface area contributed by atoms with E-state index in [1.165, 1.54) is 0 Å². The molecule has 0 aliphatic heterocycles. The van der Waals surface area contributed by atoms with E-state index in [2.05, 4.69) is 44.8 Å². The molecule has 0 saturated heterocycles. The third-order valence-corrected chi connectivity index (χ3v) is 2.82. The SMILES string of the molecule is CC(C)Cn1cc(-c2cnc(N)c(Br)n2)cn1. The molecule has 0 radical (unpaired) electrons. The van der Waals surface area contributed by atoms with Crippen LogP contribution < -0.4 is 5.73 Å². The van der Waals surface area contributed by atoms with Crippen molar-refractivity contribution in [1.82, 2.24) is 19.7 Å². The number of halogens is 1. The standard InChI is InChI=1S/C11H14BrN5/c1-7(2)5-17-6-8(3-15-17)9-4-14-11(13)10(12)16-9/h3-4,6-7H,5H2,1-2H3,(H2,13,14). The monoisotopic (exact) mass is 295 g/mol. The molecule has 0 amide bonds. The number of nitrogens with zero attached hydrogens (tertiary/aromatic N) is 4. The predicted octanol–water partition coefficient (Wildman–Crippen LogP) is 2.34. The van der Waals surface area contributed by atoms with Gasteiger partial charge in [-0.2, -0.15) is 5.10 Å². The van der Waals surface area contributed by atoms with Crippen molar-refractivity contribution in [1.29, 1.82) is 0 Å². The summed E-state index contributed by atoms with van der Waals surface area (Å²) >= 11 is 3.26. The summed E-state index contributed by atoms with van der Waals surface area (Å²) in [6.07, 6.45) is 5.40. The molecule has 0 aliphatic carbocycles. The Balaban J connectivity index is 2.27. The van der Waals surface area contributed by atoms with Gasteiger partial charge in [0.2, 0.25) is 0 Å². The van der Waals surface area contributed by atoms with E-state index in [1.54, 1.807) is 12.4 Å². The maximum Gasteiger partial charge on any atom is 0.156 e. The zero-order valence-corrected chi connectivity index (χ0v) is 11.3. The van der Waals surface area contributed by atoms with E-state index in [1.807, 2.05) is 10.9 Å². The van der Waals surface area contributed by atoms with E-state index in [9.17, 15) is 0 Å². The quantitative estimate of drug-likeness (QED) is 0.943. The van der Waals surface area contributed by atoms with Gasteiger partial charge in [0, 0.05) is 18.3 Å². The third kappa shape index (κ3) is 2.82. The molecule has 0 unspecified atom stereocenters. The number of aromatic nitrogens is 4. The van der Waals surface area contributed by atoms with Gasteiger partial charge in [0.1, 0.15) is 4.60 Å². The molecular weight excluding hydrogens is 282 g/mol. The lowest BCUT2D eigenvalue weighted by Gasteiger charge is -2.03. The molecule has 2 heterocycles. The lowest BCUT2D eigenvalue weighted by atomic mass is 10.2. The maximum absolute atomic E-state index is 5.60. The van der Waals surface area contributed by atoms with E-state index >= 15 is 0 Å². The first kappa shape index (κ1) is 12.0. The lowest BCUT2D eigenvalue weighted by molar-refractivity contribution is 0.483. The van der Waals surface area contributed by atoms with Gasteiger partial charge in [0.15, 0.2) is 5.82 Å². The van der Waals surface area contributed by atoms with Crippen molar-refractivity contribution in [3.05, 3.63) is 23.2 Å². The van der Waals surface area contributed by atoms with Crippen LogP contribution in [0.15, 0.2) is 23.2 Å². The molecule has 2 rings (SSSR count). The fraction of sp³-hybridized carbons (Fsp3) is 0.364. The first-order valence-corrected chi connectivity index (χ1v) is 6.16. The molecule has 0 fully saturated rings. The molecule has 0 bridgehead atoms. The molecule has 2 aromatic rings. The van der Waals surface area contributed by atoms with Crippen LogP contribution in [0.4, 0.5) is 5.82 Å². The number of nitrogens with two attached hydrogens (primary N) is 1. The number of anilines is 1. The van der Waals surface area contributed by atoms with Gasteiger partial charge < -0.3 is 5.73 Å². The Bertz CT molecular complexity index is 520. The van der Waals surface area contributed by atoms with Gasteiger partial charge in [0.05, 0.1) is 18.1 Å². The molecule has 0 atom stereocenters. The van der Waals surface area contributed by atoms with E-state index in [4.69, 9.17) is 5.73 Å². The Morgan fingerprint density at radius 2 is 2.18 bits per heavy atom. The van der Waals surface area contributed by atoms with Crippen molar-refractivity contribution in [2.45, 2.75) is 20.4 Å². The molecule has 2 N–H and O–H groups in total. The van der Waals surface area contributed by atoms with Crippen LogP contribution in [0.2, 0.25) is 0 Å². The normalized spacial score (nSPS) is 11.1. The van der Waals surface area contributed by atoms with Crippen molar-refractivity contribution in [2.75, 3.05) is 5.73 Å². The summed E-state index contributed by atoms with van der Waals surface area (Å²) in [6.45, 7) is 5.20. The highest BCUT2D eigenvalue weighted by Gasteiger charge is 2.07. The number of hydrogen-bond donors (Lipinski definition) is 1. The van der Waals surface area contributed by atoms with E-state index < -0.39 is 0 Å². The highest BCUT2D eigenvalue weighted by molar-refractivity contribution is 9.10. The highest BCUT2D eigenvalue weighted by atomic mass is 79.9. The van der Waals surface area contributed by atoms with Crippen LogP contribution in [-0.2, 0) is 6.54 Å². The summed E-state index contributed by atoms with van der Waals surface area (Å²) in [5.41, 5.74) is 7.30. The largest absolute Gasteiger partial charge is 0.381 e. The number of nitrogen functional groups attached to an aromatic ring is 1. The molecule has 2 aromatic heterocycles. The molecule has 0 saturated carbocycles. The van der Waals surface area contributed by atoms with Gasteiger partial charge in [-0.05, 0) is 21.8 Å². The second kappa shape index (κ2) is 4.83. The first-order chi connectivity index (χ1) is 8.06. The summed E-state index contributed by atoms with van der Waals surface area (Å²) in [6, 6.07) is 0. The van der Waals surface area contributed by atoms with Crippen LogP contribution in [0.5, 0.6) is 0 Å². The molecule has 17 heavy (non-hydrogen) atoms. The van der Waals surface area contributed by atoms with Gasteiger partial charge in [0.25, 0.3) is 0 Å². The van der Waals surface area contributed by atoms with Crippen LogP contribution in [-0.4, -0.2) is 19.7 Å². The van der Waals surface area contributed by atoms with Gasteiger partial charge in [-0.15, -0.1) is 0 Å².